The second-order valence-electron chi connectivity index (χ2n) is 5.85. The highest BCUT2D eigenvalue weighted by molar-refractivity contribution is 6.30. The fraction of sp³-hybridized carbons (Fsp3) is 0.278. The van der Waals surface area contributed by atoms with Crippen LogP contribution in [0, 0.1) is 24.1 Å². The smallest absolute Gasteiger partial charge is 0.256 e. The summed E-state index contributed by atoms with van der Waals surface area (Å²) < 4.78 is 13.9. The van der Waals surface area contributed by atoms with E-state index < -0.39 is 5.82 Å². The molecule has 128 valence electrons. The van der Waals surface area contributed by atoms with Gasteiger partial charge in [0.25, 0.3) is 5.91 Å². The molecule has 0 N–H and O–H groups in total. The molecule has 1 saturated heterocycles. The van der Waals surface area contributed by atoms with Gasteiger partial charge in [-0.05, 0) is 36.8 Å². The third kappa shape index (κ3) is 3.57. The molecule has 2 aromatic rings. The Hall–Kier alpha value is -2.65. The summed E-state index contributed by atoms with van der Waals surface area (Å²) in [4.78, 5) is 20.5. The van der Waals surface area contributed by atoms with Crippen LogP contribution in [0.5, 0.6) is 0 Å². The van der Waals surface area contributed by atoms with E-state index in [9.17, 15) is 9.18 Å². The van der Waals surface area contributed by atoms with Crippen LogP contribution in [-0.2, 0) is 0 Å². The van der Waals surface area contributed by atoms with E-state index in [1.807, 2.05) is 24.0 Å². The van der Waals surface area contributed by atoms with Crippen molar-refractivity contribution in [3.63, 3.8) is 0 Å². The maximum Gasteiger partial charge on any atom is 0.256 e. The zero-order chi connectivity index (χ0) is 18.0. The highest BCUT2D eigenvalue weighted by atomic mass is 35.5. The van der Waals surface area contributed by atoms with Crippen molar-refractivity contribution in [2.75, 3.05) is 31.1 Å². The lowest BCUT2D eigenvalue weighted by Gasteiger charge is -2.35. The number of aromatic nitrogens is 1. The number of rotatable bonds is 2. The van der Waals surface area contributed by atoms with Gasteiger partial charge in [-0.25, -0.2) is 9.37 Å². The van der Waals surface area contributed by atoms with Gasteiger partial charge >= 0.3 is 0 Å². The molecular weight excluding hydrogens is 343 g/mol. The van der Waals surface area contributed by atoms with Crippen molar-refractivity contribution in [1.29, 1.82) is 5.26 Å². The van der Waals surface area contributed by atoms with Crippen LogP contribution in [0.4, 0.5) is 10.2 Å². The van der Waals surface area contributed by atoms with Crippen molar-refractivity contribution >= 4 is 23.3 Å². The Labute approximate surface area is 150 Å². The number of pyridine rings is 1. The van der Waals surface area contributed by atoms with Crippen molar-refractivity contribution in [3.05, 3.63) is 58.0 Å². The highest BCUT2D eigenvalue weighted by Crippen LogP contribution is 2.20. The van der Waals surface area contributed by atoms with E-state index in [0.29, 0.717) is 37.7 Å². The molecule has 0 atom stereocenters. The van der Waals surface area contributed by atoms with Crippen molar-refractivity contribution in [2.45, 2.75) is 6.92 Å². The van der Waals surface area contributed by atoms with Gasteiger partial charge < -0.3 is 9.80 Å². The summed E-state index contributed by atoms with van der Waals surface area (Å²) in [6, 6.07) is 9.87. The number of anilines is 1. The minimum Gasteiger partial charge on any atom is -0.353 e. The highest BCUT2D eigenvalue weighted by Gasteiger charge is 2.25. The summed E-state index contributed by atoms with van der Waals surface area (Å²) in [6.45, 7) is 3.90. The van der Waals surface area contributed by atoms with Crippen LogP contribution >= 0.6 is 11.6 Å². The zero-order valence-electron chi connectivity index (χ0n) is 13.7. The van der Waals surface area contributed by atoms with Gasteiger partial charge in [-0.15, -0.1) is 0 Å². The van der Waals surface area contributed by atoms with Gasteiger partial charge in [-0.1, -0.05) is 17.7 Å². The first-order valence-corrected chi connectivity index (χ1v) is 8.24. The molecular formula is C18H16ClFN4O. The van der Waals surface area contributed by atoms with Gasteiger partial charge in [0, 0.05) is 31.2 Å². The van der Waals surface area contributed by atoms with E-state index in [0.717, 1.165) is 11.6 Å². The second kappa shape index (κ2) is 7.08. The van der Waals surface area contributed by atoms with Gasteiger partial charge in [-0.2, -0.15) is 5.26 Å². The first kappa shape index (κ1) is 17.2. The fourth-order valence-corrected chi connectivity index (χ4v) is 2.94. The van der Waals surface area contributed by atoms with Crippen LogP contribution in [0.15, 0.2) is 30.3 Å². The molecule has 3 rings (SSSR count). The lowest BCUT2D eigenvalue weighted by Crippen LogP contribution is -2.49. The normalized spacial score (nSPS) is 14.3. The first-order valence-electron chi connectivity index (χ1n) is 7.86. The molecule has 1 aliphatic rings. The molecule has 5 nitrogen and oxygen atoms in total. The largest absolute Gasteiger partial charge is 0.353 e. The van der Waals surface area contributed by atoms with Crippen LogP contribution in [0.1, 0.15) is 21.6 Å². The van der Waals surface area contributed by atoms with Crippen LogP contribution in [0.25, 0.3) is 0 Å². The van der Waals surface area contributed by atoms with E-state index >= 15 is 0 Å². The average molecular weight is 359 g/mol. The number of piperazine rings is 1. The molecule has 0 aliphatic carbocycles. The lowest BCUT2D eigenvalue weighted by atomic mass is 10.1. The number of amides is 1. The summed E-state index contributed by atoms with van der Waals surface area (Å²) in [5.74, 6) is -0.242. The van der Waals surface area contributed by atoms with E-state index in [1.165, 1.54) is 12.1 Å². The molecule has 1 amide bonds. The van der Waals surface area contributed by atoms with Crippen molar-refractivity contribution in [1.82, 2.24) is 9.88 Å². The Balaban J connectivity index is 1.69. The van der Waals surface area contributed by atoms with Crippen LogP contribution in [-0.4, -0.2) is 42.0 Å². The lowest BCUT2D eigenvalue weighted by molar-refractivity contribution is 0.0742. The Bertz CT molecular complexity index is 857. The standard InChI is InChI=1S/C18H16ClFN4O/c1-12-2-5-17(22-16(12)11-21)23-6-8-24(9-7-23)18(25)14-4-3-13(19)10-15(14)20/h2-5,10H,6-9H2,1H3. The molecule has 0 radical (unpaired) electrons. The minimum absolute atomic E-state index is 0.0260. The second-order valence-corrected chi connectivity index (χ2v) is 6.29. The number of hydrogen-bond donors (Lipinski definition) is 0. The summed E-state index contributed by atoms with van der Waals surface area (Å²) >= 11 is 5.73. The molecule has 25 heavy (non-hydrogen) atoms. The Morgan fingerprint density at radius 3 is 2.60 bits per heavy atom. The SMILES string of the molecule is Cc1ccc(N2CCN(C(=O)c3ccc(Cl)cc3F)CC2)nc1C#N. The number of halogens is 2. The Kier molecular flexibility index (Phi) is 4.86. The molecule has 0 bridgehead atoms. The number of carbonyl (C=O) groups is 1. The van der Waals surface area contributed by atoms with Crippen molar-refractivity contribution < 1.29 is 9.18 Å². The number of carbonyl (C=O) groups excluding carboxylic acids is 1. The first-order chi connectivity index (χ1) is 12.0. The van der Waals surface area contributed by atoms with Gasteiger partial charge in [0.1, 0.15) is 23.4 Å². The van der Waals surface area contributed by atoms with E-state index in [-0.39, 0.29) is 16.5 Å². The number of hydrogen-bond acceptors (Lipinski definition) is 4. The summed E-state index contributed by atoms with van der Waals surface area (Å²) in [5.41, 5.74) is 1.26. The minimum atomic E-state index is -0.612. The summed E-state index contributed by atoms with van der Waals surface area (Å²) in [6.07, 6.45) is 0. The summed E-state index contributed by atoms with van der Waals surface area (Å²) in [5, 5.41) is 9.36. The van der Waals surface area contributed by atoms with Crippen LogP contribution in [0.2, 0.25) is 5.02 Å². The molecule has 0 unspecified atom stereocenters. The van der Waals surface area contributed by atoms with Crippen molar-refractivity contribution in [2.24, 2.45) is 0 Å². The van der Waals surface area contributed by atoms with Crippen molar-refractivity contribution in [3.8, 4) is 6.07 Å². The van der Waals surface area contributed by atoms with Gasteiger partial charge in [0.15, 0.2) is 0 Å². The molecule has 0 saturated carbocycles. The van der Waals surface area contributed by atoms with Gasteiger partial charge in [-0.3, -0.25) is 4.79 Å². The average Bonchev–Trinajstić information content (AvgIpc) is 2.62. The molecule has 1 aliphatic heterocycles. The molecule has 1 aromatic heterocycles. The summed E-state index contributed by atoms with van der Waals surface area (Å²) in [7, 11) is 0. The maximum absolute atomic E-state index is 13.9. The van der Waals surface area contributed by atoms with E-state index in [4.69, 9.17) is 16.9 Å². The number of nitriles is 1. The number of nitrogens with zero attached hydrogens (tertiary/aromatic N) is 4. The van der Waals surface area contributed by atoms with Crippen LogP contribution in [0.3, 0.4) is 0 Å². The Morgan fingerprint density at radius 2 is 1.96 bits per heavy atom. The molecule has 7 heteroatoms. The molecule has 2 heterocycles. The maximum atomic E-state index is 13.9. The molecule has 1 fully saturated rings. The molecule has 0 spiro atoms. The predicted octanol–water partition coefficient (Wildman–Crippen LogP) is 3.02. The number of aryl methyl sites for hydroxylation is 1. The third-order valence-electron chi connectivity index (χ3n) is 4.24. The van der Waals surface area contributed by atoms with Gasteiger partial charge in [0.05, 0.1) is 5.56 Å². The zero-order valence-corrected chi connectivity index (χ0v) is 14.4. The van der Waals surface area contributed by atoms with Crippen LogP contribution < -0.4 is 4.90 Å². The van der Waals surface area contributed by atoms with Gasteiger partial charge in [0.2, 0.25) is 0 Å². The van der Waals surface area contributed by atoms with E-state index in [2.05, 4.69) is 11.1 Å². The van der Waals surface area contributed by atoms with E-state index in [1.54, 1.807) is 4.90 Å². The fourth-order valence-electron chi connectivity index (χ4n) is 2.78. The Morgan fingerprint density at radius 1 is 1.24 bits per heavy atom. The topological polar surface area (TPSA) is 60.2 Å². The quantitative estimate of drug-likeness (QED) is 0.828. The molecule has 1 aromatic carbocycles. The predicted molar refractivity (Wildman–Crippen MR) is 93.2 cm³/mol. The monoisotopic (exact) mass is 358 g/mol. The third-order valence-corrected chi connectivity index (χ3v) is 4.48. The number of benzene rings is 1.